The van der Waals surface area contributed by atoms with Crippen molar-refractivity contribution in [1.82, 2.24) is 19.3 Å². The van der Waals surface area contributed by atoms with E-state index in [-0.39, 0.29) is 21.1 Å². The Bertz CT molecular complexity index is 2200. The zero-order chi connectivity index (χ0) is 31.8. The maximum Gasteiger partial charge on any atom is 2.00 e. The molecule has 0 atom stereocenters. The van der Waals surface area contributed by atoms with E-state index in [1.54, 1.807) is 7.11 Å². The molecule has 3 aromatic heterocycles. The van der Waals surface area contributed by atoms with Gasteiger partial charge in [0.2, 0.25) is 0 Å². The maximum absolute atomic E-state index is 6.58. The van der Waals surface area contributed by atoms with Gasteiger partial charge in [-0.2, -0.15) is 16.7 Å². The number of nitrogens with zero attached hydrogens (tertiary/aromatic N) is 4. The van der Waals surface area contributed by atoms with Gasteiger partial charge in [0.15, 0.2) is 0 Å². The third-order valence-electron chi connectivity index (χ3n) is 8.50. The first-order valence-electron chi connectivity index (χ1n) is 15.8. The maximum atomic E-state index is 6.58. The second kappa shape index (κ2) is 13.6. The van der Waals surface area contributed by atoms with E-state index in [0.717, 1.165) is 86.4 Å². The van der Waals surface area contributed by atoms with Crippen LogP contribution in [0.2, 0.25) is 0 Å². The Labute approximate surface area is 290 Å². The molecule has 0 spiro atoms. The molecule has 7 rings (SSSR count). The van der Waals surface area contributed by atoms with Crippen molar-refractivity contribution >= 4 is 21.8 Å². The van der Waals surface area contributed by atoms with Crippen LogP contribution in [0.25, 0.3) is 44.4 Å². The molecule has 0 fully saturated rings. The predicted molar refractivity (Wildman–Crippen MR) is 185 cm³/mol. The average molecular weight is 800 g/mol. The normalized spacial score (nSPS) is 11.2. The van der Waals surface area contributed by atoms with Gasteiger partial charge >= 0.3 is 21.1 Å². The molecule has 4 aromatic carbocycles. The molecule has 0 aliphatic rings. The molecule has 47 heavy (non-hydrogen) atoms. The quantitative estimate of drug-likeness (QED) is 0.137. The molecule has 7 heteroatoms. The van der Waals surface area contributed by atoms with Crippen LogP contribution in [0.4, 0.5) is 0 Å². The Morgan fingerprint density at radius 1 is 0.830 bits per heavy atom. The molecular weight excluding hydrogens is 764 g/mol. The van der Waals surface area contributed by atoms with E-state index in [1.165, 1.54) is 5.56 Å². The monoisotopic (exact) mass is 799 g/mol. The molecule has 7 aromatic rings. The molecular formula is C40H36N4O2Pt. The summed E-state index contributed by atoms with van der Waals surface area (Å²) in [6, 6.07) is 36.0. The van der Waals surface area contributed by atoms with Crippen LogP contribution in [-0.4, -0.2) is 26.4 Å². The Morgan fingerprint density at radius 2 is 1.66 bits per heavy atom. The summed E-state index contributed by atoms with van der Waals surface area (Å²) in [7, 11) is 1.69. The molecule has 0 aliphatic carbocycles. The van der Waals surface area contributed by atoms with E-state index in [2.05, 4.69) is 105 Å². The van der Waals surface area contributed by atoms with Gasteiger partial charge in [-0.05, 0) is 73.3 Å². The summed E-state index contributed by atoms with van der Waals surface area (Å²) in [6.45, 7) is 8.46. The number of hydrogen-bond acceptors (Lipinski definition) is 4. The average Bonchev–Trinajstić information content (AvgIpc) is 3.56. The largest absolute Gasteiger partial charge is 2.00 e. The molecule has 0 radical (unpaired) electrons. The van der Waals surface area contributed by atoms with Crippen LogP contribution in [0.15, 0.2) is 91.1 Å². The summed E-state index contributed by atoms with van der Waals surface area (Å²) in [6.07, 6.45) is 4.97. The van der Waals surface area contributed by atoms with Crippen LogP contribution in [0.1, 0.15) is 42.3 Å². The minimum absolute atomic E-state index is 0. The summed E-state index contributed by atoms with van der Waals surface area (Å²) < 4.78 is 16.3. The minimum Gasteiger partial charge on any atom is -0.509 e. The third-order valence-corrected chi connectivity index (χ3v) is 8.50. The van der Waals surface area contributed by atoms with E-state index < -0.39 is 0 Å². The van der Waals surface area contributed by atoms with Crippen LogP contribution in [0, 0.1) is 32.9 Å². The SMILES string of the molecule is CCCCc1cc(Oc2[c-]c3c(cc2)c2cc(OC)ccc2n3-c2cc(C)ccn2)[c-]c(-n2nc(C)c(-c3ccccc3)c2C)c1.[Pt+2]. The van der Waals surface area contributed by atoms with Crippen LogP contribution in [0.3, 0.4) is 0 Å². The van der Waals surface area contributed by atoms with Gasteiger partial charge in [0.1, 0.15) is 11.6 Å². The van der Waals surface area contributed by atoms with Gasteiger partial charge in [-0.3, -0.25) is 4.68 Å². The number of aryl methyl sites for hydroxylation is 3. The van der Waals surface area contributed by atoms with Gasteiger partial charge in [-0.1, -0.05) is 62.0 Å². The van der Waals surface area contributed by atoms with Gasteiger partial charge < -0.3 is 14.0 Å². The molecule has 238 valence electrons. The molecule has 3 heterocycles. The van der Waals surface area contributed by atoms with Gasteiger partial charge in [0.05, 0.1) is 12.8 Å². The van der Waals surface area contributed by atoms with Crippen molar-refractivity contribution in [3.05, 3.63) is 126 Å². The van der Waals surface area contributed by atoms with Crippen molar-refractivity contribution in [1.29, 1.82) is 0 Å². The Kier molecular flexibility index (Phi) is 9.33. The van der Waals surface area contributed by atoms with Gasteiger partial charge in [-0.15, -0.1) is 35.7 Å². The number of ether oxygens (including phenoxy) is 2. The summed E-state index contributed by atoms with van der Waals surface area (Å²) in [4.78, 5) is 4.72. The number of hydrogen-bond donors (Lipinski definition) is 0. The van der Waals surface area contributed by atoms with Crippen molar-refractivity contribution in [3.8, 4) is 39.9 Å². The minimum atomic E-state index is 0. The van der Waals surface area contributed by atoms with Crippen LogP contribution in [0.5, 0.6) is 17.2 Å². The smallest absolute Gasteiger partial charge is 0.509 e. The van der Waals surface area contributed by atoms with Crippen molar-refractivity contribution in [2.45, 2.75) is 47.0 Å². The first kappa shape index (κ1) is 32.3. The molecule has 0 saturated heterocycles. The molecule has 0 unspecified atom stereocenters. The second-order valence-corrected chi connectivity index (χ2v) is 11.8. The van der Waals surface area contributed by atoms with Crippen molar-refractivity contribution < 1.29 is 30.5 Å². The van der Waals surface area contributed by atoms with E-state index in [4.69, 9.17) is 19.6 Å². The zero-order valence-electron chi connectivity index (χ0n) is 27.2. The van der Waals surface area contributed by atoms with Gasteiger partial charge in [0.25, 0.3) is 0 Å². The molecule has 0 amide bonds. The number of fused-ring (bicyclic) bond motifs is 3. The summed E-state index contributed by atoms with van der Waals surface area (Å²) in [5.74, 6) is 2.86. The van der Waals surface area contributed by atoms with Crippen LogP contribution < -0.4 is 9.47 Å². The number of pyridine rings is 1. The second-order valence-electron chi connectivity index (χ2n) is 11.8. The number of rotatable bonds is 9. The molecule has 0 bridgehead atoms. The fraction of sp³-hybridized carbons (Fsp3) is 0.200. The van der Waals surface area contributed by atoms with Crippen molar-refractivity contribution in [3.63, 3.8) is 0 Å². The summed E-state index contributed by atoms with van der Waals surface area (Å²) in [5.41, 5.74) is 9.42. The number of methoxy groups -OCH3 is 1. The van der Waals surface area contributed by atoms with E-state index in [9.17, 15) is 0 Å². The van der Waals surface area contributed by atoms with Gasteiger partial charge in [-0.25, -0.2) is 4.98 Å². The van der Waals surface area contributed by atoms with Gasteiger partial charge in [0, 0.05) is 34.5 Å². The Morgan fingerprint density at radius 3 is 2.43 bits per heavy atom. The molecule has 0 N–H and O–H groups in total. The summed E-state index contributed by atoms with van der Waals surface area (Å²) in [5, 5.41) is 7.07. The Balaban J connectivity index is 0.00000386. The first-order chi connectivity index (χ1) is 22.4. The summed E-state index contributed by atoms with van der Waals surface area (Å²) >= 11 is 0. The van der Waals surface area contributed by atoms with E-state index in [0.29, 0.717) is 11.5 Å². The van der Waals surface area contributed by atoms with E-state index >= 15 is 0 Å². The molecule has 0 saturated carbocycles. The van der Waals surface area contributed by atoms with Crippen molar-refractivity contribution in [2.75, 3.05) is 7.11 Å². The topological polar surface area (TPSA) is 54.1 Å². The standard InChI is InChI=1S/C40H36N4O2.Pt/c1-6-7-11-29-21-31(44-28(4)40(27(3)42-44)30-12-9-8-10-13-30)23-34(22-29)46-33-14-16-35-36-24-32(45-5)15-17-37(36)43(38(35)25-33)39-20-26(2)18-19-41-39;/h8-10,12-22,24H,6-7,11H2,1-5H3;/q-2;+2. The van der Waals surface area contributed by atoms with Crippen LogP contribution >= 0.6 is 0 Å². The third kappa shape index (κ3) is 6.23. The molecule has 0 aliphatic heterocycles. The Hall–Kier alpha value is -4.67. The van der Waals surface area contributed by atoms with Crippen LogP contribution in [-0.2, 0) is 27.5 Å². The predicted octanol–water partition coefficient (Wildman–Crippen LogP) is 9.70. The van der Waals surface area contributed by atoms with Crippen molar-refractivity contribution in [2.24, 2.45) is 0 Å². The number of unbranched alkanes of at least 4 members (excludes halogenated alkanes) is 1. The van der Waals surface area contributed by atoms with E-state index in [1.807, 2.05) is 35.1 Å². The number of benzene rings is 4. The fourth-order valence-electron chi connectivity index (χ4n) is 6.27. The molecule has 6 nitrogen and oxygen atoms in total. The zero-order valence-corrected chi connectivity index (χ0v) is 29.5. The number of aromatic nitrogens is 4. The fourth-order valence-corrected chi connectivity index (χ4v) is 6.27. The first-order valence-corrected chi connectivity index (χ1v) is 15.8.